The second-order valence-corrected chi connectivity index (χ2v) is 4.10. The summed E-state index contributed by atoms with van der Waals surface area (Å²) in [7, 11) is 0. The first-order chi connectivity index (χ1) is 8.38. The van der Waals surface area contributed by atoms with Gasteiger partial charge >= 0.3 is 0 Å². The molecular weight excluding hydrogens is 220 g/mol. The summed E-state index contributed by atoms with van der Waals surface area (Å²) in [6, 6.07) is 10.00. The smallest absolute Gasteiger partial charge is 0.105 e. The molecule has 0 radical (unpaired) electrons. The second-order valence-electron chi connectivity index (χ2n) is 4.10. The zero-order valence-electron chi connectivity index (χ0n) is 9.75. The quantitative estimate of drug-likeness (QED) is 0.830. The van der Waals surface area contributed by atoms with Gasteiger partial charge in [-0.2, -0.15) is 0 Å². The Morgan fingerprint density at radius 2 is 1.94 bits per heavy atom. The third-order valence-electron chi connectivity index (χ3n) is 2.61. The van der Waals surface area contributed by atoms with Gasteiger partial charge in [-0.05, 0) is 5.56 Å². The number of rotatable bonds is 5. The molecule has 0 aromatic heterocycles. The van der Waals surface area contributed by atoms with Gasteiger partial charge < -0.3 is 19.3 Å². The van der Waals surface area contributed by atoms with E-state index >= 15 is 0 Å². The van der Waals surface area contributed by atoms with Gasteiger partial charge in [-0.1, -0.05) is 30.3 Å². The van der Waals surface area contributed by atoms with Gasteiger partial charge in [0.25, 0.3) is 0 Å². The maximum absolute atomic E-state index is 8.97. The minimum atomic E-state index is -0.214. The first kappa shape index (κ1) is 12.5. The molecule has 0 amide bonds. The minimum Gasteiger partial charge on any atom is -0.394 e. The molecule has 2 rings (SSSR count). The van der Waals surface area contributed by atoms with E-state index in [0.717, 1.165) is 5.56 Å². The molecule has 2 atom stereocenters. The van der Waals surface area contributed by atoms with E-state index in [-0.39, 0.29) is 18.8 Å². The van der Waals surface area contributed by atoms with Crippen LogP contribution in [-0.2, 0) is 20.8 Å². The van der Waals surface area contributed by atoms with Crippen LogP contribution >= 0.6 is 0 Å². The summed E-state index contributed by atoms with van der Waals surface area (Å²) in [5.74, 6) is 0. The zero-order valence-corrected chi connectivity index (χ0v) is 9.75. The SMILES string of the molecule is OCC1COC[C@H](COCc2ccccc2)O1. The molecule has 1 fully saturated rings. The highest BCUT2D eigenvalue weighted by Gasteiger charge is 2.22. The van der Waals surface area contributed by atoms with Crippen LogP contribution in [0.25, 0.3) is 0 Å². The van der Waals surface area contributed by atoms with Gasteiger partial charge in [-0.3, -0.25) is 0 Å². The third-order valence-corrected chi connectivity index (χ3v) is 2.61. The van der Waals surface area contributed by atoms with Gasteiger partial charge in [0.1, 0.15) is 12.2 Å². The average Bonchev–Trinajstić information content (AvgIpc) is 2.40. The van der Waals surface area contributed by atoms with E-state index < -0.39 is 0 Å². The van der Waals surface area contributed by atoms with Crippen molar-refractivity contribution >= 4 is 0 Å². The molecule has 1 N–H and O–H groups in total. The van der Waals surface area contributed by atoms with E-state index in [9.17, 15) is 0 Å². The van der Waals surface area contributed by atoms with Crippen molar-refractivity contribution < 1.29 is 19.3 Å². The number of aliphatic hydroxyl groups excluding tert-OH is 1. The van der Waals surface area contributed by atoms with Crippen molar-refractivity contribution in [3.63, 3.8) is 0 Å². The van der Waals surface area contributed by atoms with Crippen molar-refractivity contribution in [2.24, 2.45) is 0 Å². The Labute approximate surface area is 101 Å². The van der Waals surface area contributed by atoms with Gasteiger partial charge in [-0.25, -0.2) is 0 Å². The van der Waals surface area contributed by atoms with Crippen molar-refractivity contribution in [3.05, 3.63) is 35.9 Å². The van der Waals surface area contributed by atoms with Crippen molar-refractivity contribution in [1.29, 1.82) is 0 Å². The van der Waals surface area contributed by atoms with Crippen LogP contribution in [0.1, 0.15) is 5.56 Å². The summed E-state index contributed by atoms with van der Waals surface area (Å²) in [4.78, 5) is 0. The van der Waals surface area contributed by atoms with Crippen molar-refractivity contribution in [2.75, 3.05) is 26.4 Å². The topological polar surface area (TPSA) is 47.9 Å². The molecule has 1 aromatic rings. The molecule has 0 bridgehead atoms. The lowest BCUT2D eigenvalue weighted by Gasteiger charge is -2.28. The zero-order chi connectivity index (χ0) is 11.9. The lowest BCUT2D eigenvalue weighted by molar-refractivity contribution is -0.168. The van der Waals surface area contributed by atoms with E-state index in [1.165, 1.54) is 0 Å². The first-order valence-corrected chi connectivity index (χ1v) is 5.84. The van der Waals surface area contributed by atoms with Crippen LogP contribution in [0.3, 0.4) is 0 Å². The molecule has 0 spiro atoms. The molecule has 1 aromatic carbocycles. The highest BCUT2D eigenvalue weighted by Crippen LogP contribution is 2.09. The monoisotopic (exact) mass is 238 g/mol. The van der Waals surface area contributed by atoms with E-state index in [1.807, 2.05) is 30.3 Å². The number of benzene rings is 1. The van der Waals surface area contributed by atoms with Crippen molar-refractivity contribution in [3.8, 4) is 0 Å². The fourth-order valence-electron chi connectivity index (χ4n) is 1.75. The molecule has 4 heteroatoms. The van der Waals surface area contributed by atoms with Crippen LogP contribution < -0.4 is 0 Å². The summed E-state index contributed by atoms with van der Waals surface area (Å²) in [6.45, 7) is 2.06. The number of hydrogen-bond acceptors (Lipinski definition) is 4. The number of aliphatic hydroxyl groups is 1. The molecule has 0 saturated carbocycles. The molecule has 0 aliphatic carbocycles. The molecular formula is C13H18O4. The van der Waals surface area contributed by atoms with Crippen molar-refractivity contribution in [2.45, 2.75) is 18.8 Å². The van der Waals surface area contributed by atoms with Gasteiger partial charge in [0.05, 0.1) is 33.0 Å². The highest BCUT2D eigenvalue weighted by atomic mass is 16.6. The molecule has 1 heterocycles. The lowest BCUT2D eigenvalue weighted by atomic mass is 10.2. The van der Waals surface area contributed by atoms with Crippen LogP contribution in [0.4, 0.5) is 0 Å². The average molecular weight is 238 g/mol. The summed E-state index contributed by atoms with van der Waals surface area (Å²) in [5.41, 5.74) is 1.14. The highest BCUT2D eigenvalue weighted by molar-refractivity contribution is 5.13. The molecule has 94 valence electrons. The summed E-state index contributed by atoms with van der Waals surface area (Å²) in [6.07, 6.45) is -0.293. The predicted molar refractivity (Wildman–Crippen MR) is 62.7 cm³/mol. The van der Waals surface area contributed by atoms with E-state index in [0.29, 0.717) is 26.4 Å². The largest absolute Gasteiger partial charge is 0.394 e. The molecule has 1 unspecified atom stereocenters. The molecule has 1 aliphatic rings. The minimum absolute atomic E-state index is 0.00478. The summed E-state index contributed by atoms with van der Waals surface area (Å²) < 4.78 is 16.5. The lowest BCUT2D eigenvalue weighted by Crippen LogP contribution is -2.40. The van der Waals surface area contributed by atoms with E-state index in [1.54, 1.807) is 0 Å². The Balaban J connectivity index is 1.68. The van der Waals surface area contributed by atoms with E-state index in [4.69, 9.17) is 19.3 Å². The fourth-order valence-corrected chi connectivity index (χ4v) is 1.75. The first-order valence-electron chi connectivity index (χ1n) is 5.84. The van der Waals surface area contributed by atoms with Gasteiger partial charge in [0.15, 0.2) is 0 Å². The number of ether oxygens (including phenoxy) is 3. The Morgan fingerprint density at radius 3 is 2.71 bits per heavy atom. The van der Waals surface area contributed by atoms with Crippen LogP contribution in [0.5, 0.6) is 0 Å². The molecule has 1 saturated heterocycles. The van der Waals surface area contributed by atoms with Gasteiger partial charge in [0.2, 0.25) is 0 Å². The van der Waals surface area contributed by atoms with Crippen LogP contribution in [0.15, 0.2) is 30.3 Å². The van der Waals surface area contributed by atoms with Crippen LogP contribution in [0, 0.1) is 0 Å². The predicted octanol–water partition coefficient (Wildman–Crippen LogP) is 0.979. The van der Waals surface area contributed by atoms with Gasteiger partial charge in [0, 0.05) is 0 Å². The van der Waals surface area contributed by atoms with Gasteiger partial charge in [-0.15, -0.1) is 0 Å². The molecule has 17 heavy (non-hydrogen) atoms. The number of hydrogen-bond donors (Lipinski definition) is 1. The Hall–Kier alpha value is -0.940. The van der Waals surface area contributed by atoms with Crippen LogP contribution in [-0.4, -0.2) is 43.7 Å². The second kappa shape index (κ2) is 6.71. The fraction of sp³-hybridized carbons (Fsp3) is 0.538. The Kier molecular flexibility index (Phi) is 4.94. The van der Waals surface area contributed by atoms with E-state index in [2.05, 4.69) is 0 Å². The van der Waals surface area contributed by atoms with Crippen LogP contribution in [0.2, 0.25) is 0 Å². The maximum Gasteiger partial charge on any atom is 0.105 e. The summed E-state index contributed by atoms with van der Waals surface area (Å²) >= 11 is 0. The summed E-state index contributed by atoms with van der Waals surface area (Å²) in [5, 5.41) is 8.97. The molecule has 4 nitrogen and oxygen atoms in total. The Bertz CT molecular complexity index is 314. The molecule has 1 aliphatic heterocycles. The third kappa shape index (κ3) is 4.09. The van der Waals surface area contributed by atoms with Crippen molar-refractivity contribution in [1.82, 2.24) is 0 Å². The maximum atomic E-state index is 8.97. The normalized spacial score (nSPS) is 24.8. The Morgan fingerprint density at radius 1 is 1.18 bits per heavy atom. The standard InChI is InChI=1S/C13H18O4/c14-6-12-8-16-10-13(17-12)9-15-7-11-4-2-1-3-5-11/h1-5,12-14H,6-10H2/t12?,13-/m0/s1.